The molecule has 3 heteroatoms. The number of ether oxygens (including phenoxy) is 1. The van der Waals surface area contributed by atoms with Crippen LogP contribution >= 0.6 is 0 Å². The average molecular weight is 287 g/mol. The molecule has 1 aliphatic rings. The van der Waals surface area contributed by atoms with E-state index in [9.17, 15) is 5.11 Å². The first-order valence-corrected chi connectivity index (χ1v) is 8.01. The average Bonchev–Trinajstić information content (AvgIpc) is 2.86. The summed E-state index contributed by atoms with van der Waals surface area (Å²) in [5, 5.41) is 10.8. The molecule has 3 rings (SSSR count). The van der Waals surface area contributed by atoms with Gasteiger partial charge in [-0.25, -0.2) is 0 Å². The Morgan fingerprint density at radius 3 is 2.86 bits per heavy atom. The van der Waals surface area contributed by atoms with Crippen LogP contribution < -0.4 is 0 Å². The number of fused-ring (bicyclic) bond motifs is 3. The lowest BCUT2D eigenvalue weighted by molar-refractivity contribution is -0.0795. The maximum atomic E-state index is 9.44. The summed E-state index contributed by atoms with van der Waals surface area (Å²) in [6.45, 7) is 7.48. The number of rotatable bonds is 4. The fourth-order valence-corrected chi connectivity index (χ4v) is 3.53. The van der Waals surface area contributed by atoms with Gasteiger partial charge in [-0.1, -0.05) is 26.8 Å². The second-order valence-corrected chi connectivity index (χ2v) is 6.36. The van der Waals surface area contributed by atoms with Crippen molar-refractivity contribution < 1.29 is 9.84 Å². The molecule has 0 spiro atoms. The van der Waals surface area contributed by atoms with Crippen molar-refractivity contribution in [3.63, 3.8) is 0 Å². The summed E-state index contributed by atoms with van der Waals surface area (Å²) in [6.07, 6.45) is 2.48. The van der Waals surface area contributed by atoms with Crippen molar-refractivity contribution in [2.24, 2.45) is 0 Å². The molecular formula is C18H25NO2. The van der Waals surface area contributed by atoms with Crippen molar-refractivity contribution in [2.45, 2.75) is 51.6 Å². The zero-order valence-corrected chi connectivity index (χ0v) is 13.2. The summed E-state index contributed by atoms with van der Waals surface area (Å²) in [7, 11) is 0. The Hall–Kier alpha value is -1.32. The smallest absolute Gasteiger partial charge is 0.110 e. The van der Waals surface area contributed by atoms with Gasteiger partial charge in [-0.15, -0.1) is 0 Å². The van der Waals surface area contributed by atoms with Crippen LogP contribution in [0, 0.1) is 0 Å². The van der Waals surface area contributed by atoms with Crippen molar-refractivity contribution in [3.05, 3.63) is 35.0 Å². The van der Waals surface area contributed by atoms with Crippen LogP contribution in [0.3, 0.4) is 0 Å². The fraction of sp³-hybridized carbons (Fsp3) is 0.556. The summed E-state index contributed by atoms with van der Waals surface area (Å²) >= 11 is 0. The lowest BCUT2D eigenvalue weighted by atomic mass is 9.86. The van der Waals surface area contributed by atoms with Gasteiger partial charge < -0.3 is 14.8 Å². The monoisotopic (exact) mass is 287 g/mol. The molecule has 21 heavy (non-hydrogen) atoms. The molecule has 0 amide bonds. The van der Waals surface area contributed by atoms with Gasteiger partial charge >= 0.3 is 0 Å². The maximum Gasteiger partial charge on any atom is 0.110 e. The second-order valence-electron chi connectivity index (χ2n) is 6.36. The van der Waals surface area contributed by atoms with Crippen molar-refractivity contribution in [3.8, 4) is 0 Å². The van der Waals surface area contributed by atoms with Crippen LogP contribution in [0.4, 0.5) is 0 Å². The second kappa shape index (κ2) is 5.47. The first-order chi connectivity index (χ1) is 10.1. The van der Waals surface area contributed by atoms with E-state index in [0.29, 0.717) is 12.3 Å². The van der Waals surface area contributed by atoms with E-state index >= 15 is 0 Å². The fourth-order valence-electron chi connectivity index (χ4n) is 3.53. The van der Waals surface area contributed by atoms with E-state index < -0.39 is 0 Å². The molecule has 0 radical (unpaired) electrons. The molecule has 114 valence electrons. The zero-order valence-electron chi connectivity index (χ0n) is 13.2. The van der Waals surface area contributed by atoms with Gasteiger partial charge in [-0.3, -0.25) is 0 Å². The van der Waals surface area contributed by atoms with Crippen LogP contribution in [0.2, 0.25) is 0 Å². The minimum Gasteiger partial charge on any atom is -0.396 e. The topological polar surface area (TPSA) is 45.2 Å². The van der Waals surface area contributed by atoms with E-state index in [4.69, 9.17) is 4.74 Å². The van der Waals surface area contributed by atoms with Crippen LogP contribution in [-0.2, 0) is 16.8 Å². The zero-order chi connectivity index (χ0) is 15.0. The number of hydrogen-bond acceptors (Lipinski definition) is 2. The van der Waals surface area contributed by atoms with Gasteiger partial charge in [0, 0.05) is 23.9 Å². The number of hydrogen-bond donors (Lipinski definition) is 2. The highest BCUT2D eigenvalue weighted by Gasteiger charge is 2.38. The van der Waals surface area contributed by atoms with Gasteiger partial charge in [0.05, 0.1) is 12.3 Å². The van der Waals surface area contributed by atoms with E-state index in [1.807, 2.05) is 0 Å². The molecule has 2 aromatic rings. The van der Waals surface area contributed by atoms with Gasteiger partial charge in [0.2, 0.25) is 0 Å². The van der Waals surface area contributed by atoms with Gasteiger partial charge in [0.1, 0.15) is 5.60 Å². The summed E-state index contributed by atoms with van der Waals surface area (Å²) in [4.78, 5) is 3.57. The van der Waals surface area contributed by atoms with Gasteiger partial charge in [0.15, 0.2) is 0 Å². The summed E-state index contributed by atoms with van der Waals surface area (Å²) in [5.74, 6) is 0.535. The number of aliphatic hydroxyl groups excluding tert-OH is 1. The van der Waals surface area contributed by atoms with Gasteiger partial charge in [-0.2, -0.15) is 0 Å². The molecule has 1 aromatic carbocycles. The van der Waals surface area contributed by atoms with Crippen LogP contribution in [-0.4, -0.2) is 23.3 Å². The van der Waals surface area contributed by atoms with Crippen LogP contribution in [0.1, 0.15) is 56.4 Å². The highest BCUT2D eigenvalue weighted by Crippen LogP contribution is 2.41. The first kappa shape index (κ1) is 14.6. The Morgan fingerprint density at radius 2 is 2.19 bits per heavy atom. The Bertz CT molecular complexity index is 644. The van der Waals surface area contributed by atoms with E-state index in [0.717, 1.165) is 19.4 Å². The Labute approximate surface area is 126 Å². The van der Waals surface area contributed by atoms with Crippen LogP contribution in [0.15, 0.2) is 18.2 Å². The van der Waals surface area contributed by atoms with Gasteiger partial charge in [-0.05, 0) is 42.0 Å². The van der Waals surface area contributed by atoms with Crippen molar-refractivity contribution >= 4 is 10.9 Å². The first-order valence-electron chi connectivity index (χ1n) is 8.01. The number of aromatic nitrogens is 1. The molecular weight excluding hydrogens is 262 g/mol. The quantitative estimate of drug-likeness (QED) is 0.897. The molecule has 0 bridgehead atoms. The SMILES string of the molecule is CCC1(CCO)OCCc2c1[nH]c1ccc(C(C)C)cc21. The van der Waals surface area contributed by atoms with E-state index in [-0.39, 0.29) is 12.2 Å². The lowest BCUT2D eigenvalue weighted by Crippen LogP contribution is -2.36. The minimum absolute atomic E-state index is 0.153. The minimum atomic E-state index is -0.348. The standard InChI is InChI=1S/C18H25NO2/c1-4-18(8-9-20)17-14(7-10-21-18)15-11-13(12(2)3)5-6-16(15)19-17/h5-6,11-12,19-20H,4,7-10H2,1-3H3. The number of aliphatic hydroxyl groups is 1. The summed E-state index contributed by atoms with van der Waals surface area (Å²) in [6, 6.07) is 6.71. The molecule has 0 fully saturated rings. The van der Waals surface area contributed by atoms with Crippen LogP contribution in [0.5, 0.6) is 0 Å². The van der Waals surface area contributed by atoms with E-state index in [1.54, 1.807) is 0 Å². The van der Waals surface area contributed by atoms with E-state index in [1.165, 1.54) is 27.7 Å². The third kappa shape index (κ3) is 2.29. The van der Waals surface area contributed by atoms with Crippen molar-refractivity contribution in [2.75, 3.05) is 13.2 Å². The predicted molar refractivity (Wildman–Crippen MR) is 85.7 cm³/mol. The Kier molecular flexibility index (Phi) is 3.80. The van der Waals surface area contributed by atoms with Crippen molar-refractivity contribution in [1.29, 1.82) is 0 Å². The molecule has 1 aliphatic heterocycles. The third-order valence-electron chi connectivity index (χ3n) is 4.87. The third-order valence-corrected chi connectivity index (χ3v) is 4.87. The Balaban J connectivity index is 2.18. The summed E-state index contributed by atoms with van der Waals surface area (Å²) in [5.41, 5.74) is 4.78. The highest BCUT2D eigenvalue weighted by atomic mass is 16.5. The molecule has 3 nitrogen and oxygen atoms in total. The molecule has 2 heterocycles. The molecule has 0 saturated carbocycles. The molecule has 0 saturated heterocycles. The molecule has 1 aromatic heterocycles. The number of H-pyrrole nitrogens is 1. The lowest BCUT2D eigenvalue weighted by Gasteiger charge is -2.36. The van der Waals surface area contributed by atoms with Gasteiger partial charge in [0.25, 0.3) is 0 Å². The number of nitrogens with one attached hydrogen (secondary N) is 1. The van der Waals surface area contributed by atoms with Crippen molar-refractivity contribution in [1.82, 2.24) is 4.98 Å². The molecule has 1 unspecified atom stereocenters. The predicted octanol–water partition coefficient (Wildman–Crippen LogP) is 3.85. The largest absolute Gasteiger partial charge is 0.396 e. The number of aromatic amines is 1. The van der Waals surface area contributed by atoms with E-state index in [2.05, 4.69) is 44.0 Å². The number of benzene rings is 1. The summed E-state index contributed by atoms with van der Waals surface area (Å²) < 4.78 is 6.10. The normalized spacial score (nSPS) is 22.0. The molecule has 2 N–H and O–H groups in total. The molecule has 0 aliphatic carbocycles. The maximum absolute atomic E-state index is 9.44. The molecule has 1 atom stereocenters. The highest BCUT2D eigenvalue weighted by molar-refractivity contribution is 5.86. The Morgan fingerprint density at radius 1 is 1.38 bits per heavy atom. The van der Waals surface area contributed by atoms with Crippen LogP contribution in [0.25, 0.3) is 10.9 Å².